The van der Waals surface area contributed by atoms with Crippen LogP contribution in [0.25, 0.3) is 0 Å². The fourth-order valence-electron chi connectivity index (χ4n) is 0.760. The molecule has 2 nitrogen and oxygen atoms in total. The topological polar surface area (TPSA) is 38.9 Å². The lowest BCUT2D eigenvalue weighted by Gasteiger charge is -2.14. The predicted octanol–water partition coefficient (Wildman–Crippen LogP) is 2.07. The lowest BCUT2D eigenvalue weighted by Crippen LogP contribution is -2.28. The summed E-state index contributed by atoms with van der Waals surface area (Å²) in [4.78, 5) is 3.59. The van der Waals surface area contributed by atoms with Crippen molar-refractivity contribution in [1.29, 1.82) is 0 Å². The molecule has 1 aromatic rings. The summed E-state index contributed by atoms with van der Waals surface area (Å²) in [5, 5.41) is 0. The van der Waals surface area contributed by atoms with Crippen LogP contribution in [0.4, 0.5) is 13.2 Å². The van der Waals surface area contributed by atoms with Crippen molar-refractivity contribution in [1.82, 2.24) is 4.98 Å². The zero-order chi connectivity index (χ0) is 9.19. The molecule has 0 fully saturated rings. The Hall–Kier alpha value is -0.810. The van der Waals surface area contributed by atoms with Gasteiger partial charge in [-0.3, -0.25) is 4.98 Å². The maximum absolute atomic E-state index is 12.0. The molecule has 2 N–H and O–H groups in total. The third-order valence-electron chi connectivity index (χ3n) is 1.42. The molecule has 0 amide bonds. The van der Waals surface area contributed by atoms with E-state index < -0.39 is 12.2 Å². The molecule has 1 atom stereocenters. The van der Waals surface area contributed by atoms with Crippen LogP contribution in [0.15, 0.2) is 24.5 Å². The third-order valence-corrected chi connectivity index (χ3v) is 1.42. The highest BCUT2D eigenvalue weighted by Gasteiger charge is 2.37. The highest BCUT2D eigenvalue weighted by atomic mass is 35.5. The van der Waals surface area contributed by atoms with Gasteiger partial charge in [0.15, 0.2) is 0 Å². The Bertz CT molecular complexity index is 250. The first-order chi connectivity index (χ1) is 5.52. The van der Waals surface area contributed by atoms with Crippen LogP contribution in [-0.2, 0) is 0 Å². The second-order valence-corrected chi connectivity index (χ2v) is 2.30. The minimum Gasteiger partial charge on any atom is -0.316 e. The fraction of sp³-hybridized carbons (Fsp3) is 0.286. The van der Waals surface area contributed by atoms with E-state index in [-0.39, 0.29) is 18.0 Å². The summed E-state index contributed by atoms with van der Waals surface area (Å²) >= 11 is 0. The molecule has 6 heteroatoms. The van der Waals surface area contributed by atoms with E-state index in [4.69, 9.17) is 5.73 Å². The number of pyridine rings is 1. The van der Waals surface area contributed by atoms with E-state index in [9.17, 15) is 13.2 Å². The molecule has 0 saturated heterocycles. The van der Waals surface area contributed by atoms with Crippen LogP contribution in [-0.4, -0.2) is 11.2 Å². The molecule has 0 aliphatic rings. The van der Waals surface area contributed by atoms with Gasteiger partial charge in [0.2, 0.25) is 0 Å². The number of halogens is 4. The van der Waals surface area contributed by atoms with E-state index in [2.05, 4.69) is 4.98 Å². The average Bonchev–Trinajstić information content (AvgIpc) is 2.03. The number of nitrogens with two attached hydrogens (primary N) is 1. The Morgan fingerprint density at radius 2 is 1.69 bits per heavy atom. The van der Waals surface area contributed by atoms with Gasteiger partial charge in [-0.05, 0) is 17.7 Å². The highest BCUT2D eigenvalue weighted by Crippen LogP contribution is 2.29. The van der Waals surface area contributed by atoms with Crippen molar-refractivity contribution in [2.45, 2.75) is 12.2 Å². The average molecular weight is 213 g/mol. The van der Waals surface area contributed by atoms with E-state index in [1.165, 1.54) is 24.5 Å². The summed E-state index contributed by atoms with van der Waals surface area (Å²) in [7, 11) is 0. The largest absolute Gasteiger partial charge is 0.407 e. The van der Waals surface area contributed by atoms with E-state index in [0.29, 0.717) is 0 Å². The molecular weight excluding hydrogens is 205 g/mol. The van der Waals surface area contributed by atoms with Crippen LogP contribution in [0, 0.1) is 0 Å². The quantitative estimate of drug-likeness (QED) is 0.774. The van der Waals surface area contributed by atoms with Crippen molar-refractivity contribution in [3.63, 3.8) is 0 Å². The Kier molecular flexibility index (Phi) is 4.16. The van der Waals surface area contributed by atoms with Gasteiger partial charge in [-0.2, -0.15) is 13.2 Å². The van der Waals surface area contributed by atoms with E-state index in [0.717, 1.165) is 0 Å². The van der Waals surface area contributed by atoms with Gasteiger partial charge in [0.05, 0.1) is 0 Å². The summed E-state index contributed by atoms with van der Waals surface area (Å²) < 4.78 is 36.0. The van der Waals surface area contributed by atoms with Crippen LogP contribution in [0.3, 0.4) is 0 Å². The molecule has 0 aromatic carbocycles. The second-order valence-electron chi connectivity index (χ2n) is 2.30. The van der Waals surface area contributed by atoms with Crippen molar-refractivity contribution in [2.24, 2.45) is 5.73 Å². The summed E-state index contributed by atoms with van der Waals surface area (Å²) in [6.45, 7) is 0. The molecule has 0 saturated carbocycles. The van der Waals surface area contributed by atoms with Gasteiger partial charge in [0, 0.05) is 12.4 Å². The molecule has 1 rings (SSSR count). The number of hydrogen-bond acceptors (Lipinski definition) is 2. The van der Waals surface area contributed by atoms with Gasteiger partial charge in [0.1, 0.15) is 6.04 Å². The van der Waals surface area contributed by atoms with Crippen LogP contribution < -0.4 is 5.73 Å². The molecule has 0 spiro atoms. The molecule has 13 heavy (non-hydrogen) atoms. The van der Waals surface area contributed by atoms with E-state index in [1.54, 1.807) is 0 Å². The van der Waals surface area contributed by atoms with E-state index in [1.807, 2.05) is 0 Å². The van der Waals surface area contributed by atoms with Crippen LogP contribution in [0.5, 0.6) is 0 Å². The molecule has 0 aliphatic heterocycles. The summed E-state index contributed by atoms with van der Waals surface area (Å²) in [5.74, 6) is 0. The number of aromatic nitrogens is 1. The predicted molar refractivity (Wildman–Crippen MR) is 44.5 cm³/mol. The molecule has 74 valence electrons. The van der Waals surface area contributed by atoms with Gasteiger partial charge in [-0.15, -0.1) is 12.4 Å². The zero-order valence-corrected chi connectivity index (χ0v) is 7.27. The molecular formula is C7H8ClF3N2. The SMILES string of the molecule is Cl.N[C@H](c1ccncc1)C(F)(F)F. The summed E-state index contributed by atoms with van der Waals surface area (Å²) in [6, 6.07) is 0.580. The highest BCUT2D eigenvalue weighted by molar-refractivity contribution is 5.85. The van der Waals surface area contributed by atoms with Gasteiger partial charge in [-0.25, -0.2) is 0 Å². The molecule has 0 unspecified atom stereocenters. The fourth-order valence-corrected chi connectivity index (χ4v) is 0.760. The molecule has 0 aliphatic carbocycles. The first-order valence-electron chi connectivity index (χ1n) is 3.24. The molecule has 1 heterocycles. The summed E-state index contributed by atoms with van der Waals surface area (Å²) in [6.07, 6.45) is -1.83. The standard InChI is InChI=1S/C7H7F3N2.ClH/c8-7(9,10)6(11)5-1-3-12-4-2-5;/h1-4,6H,11H2;1H/t6-;/m1./s1. The Balaban J connectivity index is 0.00000144. The van der Waals surface area contributed by atoms with Crippen molar-refractivity contribution in [3.05, 3.63) is 30.1 Å². The zero-order valence-electron chi connectivity index (χ0n) is 6.45. The number of hydrogen-bond donors (Lipinski definition) is 1. The smallest absolute Gasteiger partial charge is 0.316 e. The molecule has 1 aromatic heterocycles. The van der Waals surface area contributed by atoms with Crippen molar-refractivity contribution >= 4 is 12.4 Å². The molecule has 0 bridgehead atoms. The van der Waals surface area contributed by atoms with Crippen molar-refractivity contribution in [2.75, 3.05) is 0 Å². The lowest BCUT2D eigenvalue weighted by atomic mass is 10.1. The Labute approximate surface area is 79.4 Å². The number of alkyl halides is 3. The summed E-state index contributed by atoms with van der Waals surface area (Å²) in [5.41, 5.74) is 4.94. The van der Waals surface area contributed by atoms with Crippen LogP contribution >= 0.6 is 12.4 Å². The normalized spacial score (nSPS) is 13.2. The first kappa shape index (κ1) is 12.2. The monoisotopic (exact) mass is 212 g/mol. The number of nitrogens with zero attached hydrogens (tertiary/aromatic N) is 1. The van der Waals surface area contributed by atoms with Gasteiger partial charge in [0.25, 0.3) is 0 Å². The number of rotatable bonds is 1. The minimum absolute atomic E-state index is 0. The van der Waals surface area contributed by atoms with Gasteiger partial charge in [-0.1, -0.05) is 0 Å². The first-order valence-corrected chi connectivity index (χ1v) is 3.24. The van der Waals surface area contributed by atoms with Crippen LogP contribution in [0.1, 0.15) is 11.6 Å². The van der Waals surface area contributed by atoms with Crippen molar-refractivity contribution < 1.29 is 13.2 Å². The minimum atomic E-state index is -4.39. The third kappa shape index (κ3) is 3.20. The van der Waals surface area contributed by atoms with E-state index >= 15 is 0 Å². The molecule has 0 radical (unpaired) electrons. The Morgan fingerprint density at radius 3 is 2.08 bits per heavy atom. The van der Waals surface area contributed by atoms with Gasteiger partial charge >= 0.3 is 6.18 Å². The Morgan fingerprint density at radius 1 is 1.23 bits per heavy atom. The van der Waals surface area contributed by atoms with Gasteiger partial charge < -0.3 is 5.73 Å². The lowest BCUT2D eigenvalue weighted by molar-refractivity contribution is -0.149. The maximum atomic E-state index is 12.0. The van der Waals surface area contributed by atoms with Crippen LogP contribution in [0.2, 0.25) is 0 Å². The maximum Gasteiger partial charge on any atom is 0.407 e. The van der Waals surface area contributed by atoms with Crippen molar-refractivity contribution in [3.8, 4) is 0 Å². The second kappa shape index (κ2) is 4.43.